The van der Waals surface area contributed by atoms with Crippen LogP contribution in [0.5, 0.6) is 0 Å². The maximum absolute atomic E-state index is 10.7. The van der Waals surface area contributed by atoms with E-state index in [1.807, 2.05) is 6.07 Å². The highest BCUT2D eigenvalue weighted by atomic mass is 16.4. The molecule has 0 aromatic heterocycles. The summed E-state index contributed by atoms with van der Waals surface area (Å²) in [5.41, 5.74) is 0.729. The molecule has 0 aliphatic carbocycles. The van der Waals surface area contributed by atoms with Gasteiger partial charge in [0.05, 0.1) is 12.2 Å². The first-order valence-electron chi connectivity index (χ1n) is 3.85. The standard InChI is InChI=1S/C10H10O3/c11-7-6-9(10(12)13)8-4-2-1-3-5-8/h1-6,11H,7H2,(H,12,13). The molecule has 0 radical (unpaired) electrons. The zero-order valence-electron chi connectivity index (χ0n) is 6.97. The van der Waals surface area contributed by atoms with Gasteiger partial charge < -0.3 is 10.2 Å². The summed E-state index contributed by atoms with van der Waals surface area (Å²) in [5, 5.41) is 17.4. The van der Waals surface area contributed by atoms with Crippen molar-refractivity contribution in [2.45, 2.75) is 0 Å². The van der Waals surface area contributed by atoms with Gasteiger partial charge in [0.15, 0.2) is 0 Å². The van der Waals surface area contributed by atoms with Crippen molar-refractivity contribution in [3.63, 3.8) is 0 Å². The lowest BCUT2D eigenvalue weighted by Gasteiger charge is -2.00. The predicted molar refractivity (Wildman–Crippen MR) is 49.1 cm³/mol. The lowest BCUT2D eigenvalue weighted by Crippen LogP contribution is -2.00. The van der Waals surface area contributed by atoms with E-state index >= 15 is 0 Å². The van der Waals surface area contributed by atoms with Crippen LogP contribution in [-0.2, 0) is 4.79 Å². The predicted octanol–water partition coefficient (Wildman–Crippen LogP) is 1.15. The highest BCUT2D eigenvalue weighted by molar-refractivity contribution is 6.15. The van der Waals surface area contributed by atoms with Gasteiger partial charge in [-0.2, -0.15) is 0 Å². The lowest BCUT2D eigenvalue weighted by molar-refractivity contribution is -0.130. The highest BCUT2D eigenvalue weighted by Gasteiger charge is 2.07. The Bertz CT molecular complexity index is 314. The molecule has 0 unspecified atom stereocenters. The number of hydrogen-bond acceptors (Lipinski definition) is 2. The molecule has 68 valence electrons. The van der Waals surface area contributed by atoms with Crippen LogP contribution < -0.4 is 0 Å². The van der Waals surface area contributed by atoms with Crippen molar-refractivity contribution in [2.75, 3.05) is 6.61 Å². The number of aliphatic carboxylic acids is 1. The first kappa shape index (κ1) is 9.48. The van der Waals surface area contributed by atoms with Gasteiger partial charge in [-0.05, 0) is 11.6 Å². The number of carboxylic acid groups (broad SMARTS) is 1. The van der Waals surface area contributed by atoms with Crippen LogP contribution >= 0.6 is 0 Å². The number of rotatable bonds is 3. The molecule has 1 aromatic rings. The molecule has 0 fully saturated rings. The first-order chi connectivity index (χ1) is 6.25. The second kappa shape index (κ2) is 4.42. The molecular formula is C10H10O3. The molecule has 0 saturated heterocycles. The quantitative estimate of drug-likeness (QED) is 0.682. The van der Waals surface area contributed by atoms with Crippen molar-refractivity contribution < 1.29 is 15.0 Å². The fourth-order valence-electron chi connectivity index (χ4n) is 1.04. The second-order valence-corrected chi connectivity index (χ2v) is 2.47. The van der Waals surface area contributed by atoms with Gasteiger partial charge in [-0.15, -0.1) is 0 Å². The van der Waals surface area contributed by atoms with Gasteiger partial charge in [-0.1, -0.05) is 30.3 Å². The maximum atomic E-state index is 10.7. The molecule has 1 rings (SSSR count). The summed E-state index contributed by atoms with van der Waals surface area (Å²) in [7, 11) is 0. The minimum atomic E-state index is -1.03. The molecular weight excluding hydrogens is 168 g/mol. The van der Waals surface area contributed by atoms with E-state index in [-0.39, 0.29) is 12.2 Å². The normalized spacial score (nSPS) is 11.3. The molecule has 3 nitrogen and oxygen atoms in total. The van der Waals surface area contributed by atoms with Crippen molar-refractivity contribution >= 4 is 11.5 Å². The minimum Gasteiger partial charge on any atom is -0.478 e. The van der Waals surface area contributed by atoms with E-state index < -0.39 is 5.97 Å². The summed E-state index contributed by atoms with van der Waals surface area (Å²) < 4.78 is 0. The number of benzene rings is 1. The summed E-state index contributed by atoms with van der Waals surface area (Å²) in [4.78, 5) is 10.7. The van der Waals surface area contributed by atoms with Crippen molar-refractivity contribution in [1.82, 2.24) is 0 Å². The third-order valence-corrected chi connectivity index (χ3v) is 1.61. The fourth-order valence-corrected chi connectivity index (χ4v) is 1.04. The Kier molecular flexibility index (Phi) is 3.23. The summed E-state index contributed by atoms with van der Waals surface area (Å²) in [5.74, 6) is -1.03. The lowest BCUT2D eigenvalue weighted by atomic mass is 10.1. The summed E-state index contributed by atoms with van der Waals surface area (Å²) >= 11 is 0. The molecule has 0 heterocycles. The number of aliphatic hydroxyl groups is 1. The van der Waals surface area contributed by atoms with E-state index in [2.05, 4.69) is 0 Å². The summed E-state index contributed by atoms with van der Waals surface area (Å²) in [6, 6.07) is 8.69. The first-order valence-corrected chi connectivity index (χ1v) is 3.85. The Morgan fingerprint density at radius 1 is 1.31 bits per heavy atom. The monoisotopic (exact) mass is 178 g/mol. The van der Waals surface area contributed by atoms with Crippen LogP contribution in [0.3, 0.4) is 0 Å². The van der Waals surface area contributed by atoms with Crippen LogP contribution in [0.2, 0.25) is 0 Å². The third-order valence-electron chi connectivity index (χ3n) is 1.61. The van der Waals surface area contributed by atoms with Crippen molar-refractivity contribution in [3.05, 3.63) is 42.0 Å². The Morgan fingerprint density at radius 2 is 1.92 bits per heavy atom. The fraction of sp³-hybridized carbons (Fsp3) is 0.100. The van der Waals surface area contributed by atoms with Crippen LogP contribution in [0.15, 0.2) is 36.4 Å². The number of aliphatic hydroxyl groups excluding tert-OH is 1. The van der Waals surface area contributed by atoms with E-state index in [0.717, 1.165) is 0 Å². The number of hydrogen-bond donors (Lipinski definition) is 2. The Balaban J connectivity index is 3.03. The van der Waals surface area contributed by atoms with Crippen LogP contribution in [0.4, 0.5) is 0 Å². The van der Waals surface area contributed by atoms with Gasteiger partial charge in [0, 0.05) is 0 Å². The van der Waals surface area contributed by atoms with Gasteiger partial charge in [0.2, 0.25) is 0 Å². The van der Waals surface area contributed by atoms with E-state index in [9.17, 15) is 4.79 Å². The molecule has 0 saturated carbocycles. The molecule has 0 aliphatic rings. The van der Waals surface area contributed by atoms with Crippen LogP contribution in [0.1, 0.15) is 5.56 Å². The summed E-state index contributed by atoms with van der Waals surface area (Å²) in [6.07, 6.45) is 1.28. The zero-order valence-corrected chi connectivity index (χ0v) is 6.97. The van der Waals surface area contributed by atoms with E-state index in [0.29, 0.717) is 5.56 Å². The van der Waals surface area contributed by atoms with Crippen LogP contribution in [-0.4, -0.2) is 22.8 Å². The molecule has 0 bridgehead atoms. The van der Waals surface area contributed by atoms with E-state index in [1.165, 1.54) is 6.08 Å². The van der Waals surface area contributed by atoms with Crippen LogP contribution in [0.25, 0.3) is 5.57 Å². The Morgan fingerprint density at radius 3 is 2.38 bits per heavy atom. The van der Waals surface area contributed by atoms with E-state index in [1.54, 1.807) is 24.3 Å². The average Bonchev–Trinajstić information content (AvgIpc) is 2.15. The van der Waals surface area contributed by atoms with Crippen LogP contribution in [0, 0.1) is 0 Å². The topological polar surface area (TPSA) is 57.5 Å². The minimum absolute atomic E-state index is 0.128. The smallest absolute Gasteiger partial charge is 0.336 e. The molecule has 0 spiro atoms. The summed E-state index contributed by atoms with van der Waals surface area (Å²) in [6.45, 7) is -0.267. The molecule has 2 N–H and O–H groups in total. The third kappa shape index (κ3) is 2.42. The molecule has 0 aliphatic heterocycles. The second-order valence-electron chi connectivity index (χ2n) is 2.47. The van der Waals surface area contributed by atoms with Gasteiger partial charge in [-0.3, -0.25) is 0 Å². The number of carbonyl (C=O) groups is 1. The van der Waals surface area contributed by atoms with Crippen molar-refractivity contribution in [1.29, 1.82) is 0 Å². The van der Waals surface area contributed by atoms with Crippen molar-refractivity contribution in [3.8, 4) is 0 Å². The molecule has 0 amide bonds. The molecule has 3 heteroatoms. The van der Waals surface area contributed by atoms with Gasteiger partial charge in [0.25, 0.3) is 0 Å². The van der Waals surface area contributed by atoms with E-state index in [4.69, 9.17) is 10.2 Å². The highest BCUT2D eigenvalue weighted by Crippen LogP contribution is 2.13. The van der Waals surface area contributed by atoms with Gasteiger partial charge in [0.1, 0.15) is 0 Å². The Hall–Kier alpha value is -1.61. The SMILES string of the molecule is O=C(O)C(=CCO)c1ccccc1. The molecule has 13 heavy (non-hydrogen) atoms. The van der Waals surface area contributed by atoms with Crippen molar-refractivity contribution in [2.24, 2.45) is 0 Å². The molecule has 1 aromatic carbocycles. The van der Waals surface area contributed by atoms with Gasteiger partial charge in [-0.25, -0.2) is 4.79 Å². The molecule has 0 atom stereocenters. The maximum Gasteiger partial charge on any atom is 0.336 e. The number of carboxylic acids is 1. The zero-order chi connectivity index (χ0) is 9.68. The van der Waals surface area contributed by atoms with Gasteiger partial charge >= 0.3 is 5.97 Å². The average molecular weight is 178 g/mol. The largest absolute Gasteiger partial charge is 0.478 e. The Labute approximate surface area is 76.0 Å².